The summed E-state index contributed by atoms with van der Waals surface area (Å²) in [5.74, 6) is -0.739. The summed E-state index contributed by atoms with van der Waals surface area (Å²) >= 11 is 8.87. The fraction of sp³-hybridized carbons (Fsp3) is 0.222. The Bertz CT molecular complexity index is 320. The maximum Gasteiger partial charge on any atom is 0.152 e. The van der Waals surface area contributed by atoms with Gasteiger partial charge in [0.1, 0.15) is 11.2 Å². The fourth-order valence-electron chi connectivity index (χ4n) is 0.956. The molecule has 0 aliphatic rings. The number of carbonyl (C=O) groups excluding carboxylic acids is 1. The Balaban J connectivity index is 3.20. The lowest BCUT2D eigenvalue weighted by Gasteiger charge is -2.08. The van der Waals surface area contributed by atoms with Gasteiger partial charge in [0.15, 0.2) is 5.78 Å². The molecule has 0 fully saturated rings. The van der Waals surface area contributed by atoms with Crippen LogP contribution in [-0.4, -0.2) is 5.78 Å². The predicted molar refractivity (Wildman–Crippen MR) is 53.4 cm³/mol. The molecule has 0 radical (unpaired) electrons. The van der Waals surface area contributed by atoms with Crippen LogP contribution in [0.4, 0.5) is 4.39 Å². The van der Waals surface area contributed by atoms with Gasteiger partial charge in [-0.2, -0.15) is 0 Å². The molecule has 1 atom stereocenters. The second kappa shape index (κ2) is 4.20. The van der Waals surface area contributed by atoms with Gasteiger partial charge < -0.3 is 0 Å². The first kappa shape index (κ1) is 10.7. The molecule has 0 bridgehead atoms. The molecule has 0 amide bonds. The lowest BCUT2D eigenvalue weighted by molar-refractivity contribution is -0.116. The van der Waals surface area contributed by atoms with Gasteiger partial charge in [-0.1, -0.05) is 22.0 Å². The Hall–Kier alpha value is -0.410. The van der Waals surface area contributed by atoms with Gasteiger partial charge >= 0.3 is 0 Å². The molecule has 1 aromatic carbocycles. The van der Waals surface area contributed by atoms with Gasteiger partial charge in [0.2, 0.25) is 0 Å². The Morgan fingerprint density at radius 3 is 2.69 bits per heavy atom. The summed E-state index contributed by atoms with van der Waals surface area (Å²) in [7, 11) is 0. The third-order valence-electron chi connectivity index (χ3n) is 1.61. The minimum absolute atomic E-state index is 0.205. The number of rotatable bonds is 2. The molecule has 1 rings (SSSR count). The van der Waals surface area contributed by atoms with Crippen molar-refractivity contribution < 1.29 is 9.18 Å². The molecular formula is C9H7BrClFO. The van der Waals surface area contributed by atoms with Crippen molar-refractivity contribution in [2.45, 2.75) is 12.3 Å². The van der Waals surface area contributed by atoms with E-state index in [0.717, 1.165) is 0 Å². The molecule has 0 aliphatic heterocycles. The van der Waals surface area contributed by atoms with Gasteiger partial charge in [0.25, 0.3) is 0 Å². The van der Waals surface area contributed by atoms with Crippen LogP contribution in [0.5, 0.6) is 0 Å². The number of ketones is 1. The summed E-state index contributed by atoms with van der Waals surface area (Å²) in [5, 5.41) is -0.921. The molecular weight excluding hydrogens is 258 g/mol. The maximum absolute atomic E-state index is 13.2. The zero-order valence-corrected chi connectivity index (χ0v) is 9.19. The molecule has 0 N–H and O–H groups in total. The van der Waals surface area contributed by atoms with E-state index in [4.69, 9.17) is 11.6 Å². The van der Waals surface area contributed by atoms with Gasteiger partial charge in [-0.3, -0.25) is 4.79 Å². The first-order valence-electron chi connectivity index (χ1n) is 3.62. The number of hydrogen-bond acceptors (Lipinski definition) is 1. The molecule has 1 unspecified atom stereocenters. The van der Waals surface area contributed by atoms with Crippen molar-refractivity contribution in [1.82, 2.24) is 0 Å². The van der Waals surface area contributed by atoms with Crippen molar-refractivity contribution in [2.24, 2.45) is 0 Å². The third-order valence-corrected chi connectivity index (χ3v) is 2.83. The van der Waals surface area contributed by atoms with Crippen LogP contribution in [0.3, 0.4) is 0 Å². The first-order chi connectivity index (χ1) is 6.04. The number of hydrogen-bond donors (Lipinski definition) is 0. The Kier molecular flexibility index (Phi) is 3.45. The highest BCUT2D eigenvalue weighted by Crippen LogP contribution is 2.30. The van der Waals surface area contributed by atoms with Crippen molar-refractivity contribution in [3.63, 3.8) is 0 Å². The van der Waals surface area contributed by atoms with Crippen LogP contribution in [0.1, 0.15) is 17.9 Å². The summed E-state index contributed by atoms with van der Waals surface area (Å²) < 4.78 is 13.7. The van der Waals surface area contributed by atoms with Crippen LogP contribution < -0.4 is 0 Å². The lowest BCUT2D eigenvalue weighted by Crippen LogP contribution is -2.04. The quantitative estimate of drug-likeness (QED) is 0.749. The molecule has 0 saturated heterocycles. The van der Waals surface area contributed by atoms with Gasteiger partial charge in [-0.05, 0) is 19.1 Å². The molecule has 0 saturated carbocycles. The van der Waals surface area contributed by atoms with E-state index >= 15 is 0 Å². The molecule has 0 spiro atoms. The van der Waals surface area contributed by atoms with Crippen molar-refractivity contribution in [3.05, 3.63) is 34.1 Å². The minimum atomic E-state index is -0.921. The molecule has 0 aromatic heterocycles. The molecule has 13 heavy (non-hydrogen) atoms. The van der Waals surface area contributed by atoms with Crippen LogP contribution in [0.25, 0.3) is 0 Å². The van der Waals surface area contributed by atoms with Gasteiger partial charge in [-0.15, -0.1) is 11.6 Å². The number of halogens is 3. The van der Waals surface area contributed by atoms with Crippen molar-refractivity contribution in [1.29, 1.82) is 0 Å². The summed E-state index contributed by atoms with van der Waals surface area (Å²) in [5.41, 5.74) is 0.205. The van der Waals surface area contributed by atoms with E-state index in [9.17, 15) is 9.18 Å². The normalized spacial score (nSPS) is 12.6. The Morgan fingerprint density at radius 1 is 1.62 bits per heavy atom. The largest absolute Gasteiger partial charge is 0.298 e. The minimum Gasteiger partial charge on any atom is -0.298 e. The number of benzene rings is 1. The second-order valence-corrected chi connectivity index (χ2v) is 3.90. The Morgan fingerprint density at radius 2 is 2.23 bits per heavy atom. The topological polar surface area (TPSA) is 17.1 Å². The van der Waals surface area contributed by atoms with Crippen molar-refractivity contribution in [2.75, 3.05) is 0 Å². The predicted octanol–water partition coefficient (Wildman–Crippen LogP) is 3.46. The number of carbonyl (C=O) groups is 1. The summed E-state index contributed by atoms with van der Waals surface area (Å²) in [6, 6.07) is 4.47. The van der Waals surface area contributed by atoms with Crippen LogP contribution in [0, 0.1) is 5.82 Å². The molecule has 70 valence electrons. The molecule has 4 heteroatoms. The van der Waals surface area contributed by atoms with E-state index in [1.165, 1.54) is 13.0 Å². The molecule has 1 nitrogen and oxygen atoms in total. The highest BCUT2D eigenvalue weighted by Gasteiger charge is 2.19. The highest BCUT2D eigenvalue weighted by molar-refractivity contribution is 9.10. The zero-order chi connectivity index (χ0) is 10.0. The average molecular weight is 266 g/mol. The third kappa shape index (κ3) is 2.29. The van der Waals surface area contributed by atoms with Gasteiger partial charge in [0, 0.05) is 10.0 Å². The van der Waals surface area contributed by atoms with E-state index in [0.29, 0.717) is 4.47 Å². The number of alkyl halides is 1. The van der Waals surface area contributed by atoms with Crippen molar-refractivity contribution >= 4 is 33.3 Å². The van der Waals surface area contributed by atoms with E-state index in [2.05, 4.69) is 15.9 Å². The Labute approximate surface area is 89.0 Å². The zero-order valence-electron chi connectivity index (χ0n) is 6.85. The van der Waals surface area contributed by atoms with Gasteiger partial charge in [-0.25, -0.2) is 4.39 Å². The summed E-state index contributed by atoms with van der Waals surface area (Å²) in [4.78, 5) is 10.9. The molecule has 1 aromatic rings. The van der Waals surface area contributed by atoms with Crippen molar-refractivity contribution in [3.8, 4) is 0 Å². The van der Waals surface area contributed by atoms with E-state index < -0.39 is 11.2 Å². The van der Waals surface area contributed by atoms with Crippen LogP contribution >= 0.6 is 27.5 Å². The summed E-state index contributed by atoms with van der Waals surface area (Å²) in [6.45, 7) is 1.33. The molecule has 0 heterocycles. The number of Topliss-reactive ketones (excluding diaryl/α,β-unsaturated/α-hetero) is 1. The SMILES string of the molecule is CC(=O)C(Cl)c1c(F)cccc1Br. The van der Waals surface area contributed by atoms with Crippen LogP contribution in [0.15, 0.2) is 22.7 Å². The summed E-state index contributed by atoms with van der Waals surface area (Å²) in [6.07, 6.45) is 0. The van der Waals surface area contributed by atoms with Crippen LogP contribution in [0.2, 0.25) is 0 Å². The van der Waals surface area contributed by atoms with E-state index in [1.807, 2.05) is 0 Å². The second-order valence-electron chi connectivity index (χ2n) is 2.61. The fourth-order valence-corrected chi connectivity index (χ4v) is 1.88. The average Bonchev–Trinajstić information content (AvgIpc) is 2.03. The van der Waals surface area contributed by atoms with E-state index in [-0.39, 0.29) is 11.3 Å². The standard InChI is InChI=1S/C9H7BrClFO/c1-5(13)9(11)8-6(10)3-2-4-7(8)12/h2-4,9H,1H3. The maximum atomic E-state index is 13.2. The van der Waals surface area contributed by atoms with Crippen LogP contribution in [-0.2, 0) is 4.79 Å². The first-order valence-corrected chi connectivity index (χ1v) is 4.85. The van der Waals surface area contributed by atoms with E-state index in [1.54, 1.807) is 12.1 Å². The van der Waals surface area contributed by atoms with Gasteiger partial charge in [0.05, 0.1) is 0 Å². The monoisotopic (exact) mass is 264 g/mol. The lowest BCUT2D eigenvalue weighted by atomic mass is 10.1. The smallest absolute Gasteiger partial charge is 0.152 e. The molecule has 0 aliphatic carbocycles. The highest BCUT2D eigenvalue weighted by atomic mass is 79.9.